The quantitative estimate of drug-likeness (QED) is 0.357. The van der Waals surface area contributed by atoms with Crippen LogP contribution in [0.4, 0.5) is 0 Å². The molecule has 2 heterocycles. The summed E-state index contributed by atoms with van der Waals surface area (Å²) < 4.78 is 32.1. The van der Waals surface area contributed by atoms with Gasteiger partial charge in [0.15, 0.2) is 0 Å². The number of rotatable bonds is 9. The van der Waals surface area contributed by atoms with Gasteiger partial charge in [-0.2, -0.15) is 4.31 Å². The molecule has 162 valence electrons. The molecule has 0 aliphatic heterocycles. The number of aliphatic hydroxyl groups is 2. The predicted octanol–water partition coefficient (Wildman–Crippen LogP) is 0.552. The molecule has 0 aliphatic carbocycles. The minimum absolute atomic E-state index is 0.0978. The number of carbonyl (C=O) groups excluding carboxylic acids is 1. The summed E-state index contributed by atoms with van der Waals surface area (Å²) in [6.45, 7) is 0.889. The fraction of sp³-hybridized carbons (Fsp3) is 0.368. The van der Waals surface area contributed by atoms with Crippen LogP contribution >= 0.6 is 0 Å². The molecule has 3 rings (SSSR count). The van der Waals surface area contributed by atoms with Crippen molar-refractivity contribution in [1.82, 2.24) is 14.3 Å². The number of hydrogen-bond acceptors (Lipinski definition) is 7. The monoisotopic (exact) mass is 437 g/mol. The zero-order chi connectivity index (χ0) is 21.9. The van der Waals surface area contributed by atoms with Crippen LogP contribution in [0.2, 0.25) is 0 Å². The number of H-pyrrole nitrogens is 2. The Bertz CT molecular complexity index is 1220. The topological polar surface area (TPSA) is 153 Å². The van der Waals surface area contributed by atoms with Crippen LogP contribution in [0.25, 0.3) is 21.8 Å². The maximum atomic E-state index is 13.0. The Morgan fingerprint density at radius 2 is 1.90 bits per heavy atom. The number of esters is 1. The van der Waals surface area contributed by atoms with Crippen molar-refractivity contribution in [3.63, 3.8) is 0 Å². The van der Waals surface area contributed by atoms with Crippen molar-refractivity contribution in [3.8, 4) is 0 Å². The van der Waals surface area contributed by atoms with E-state index in [2.05, 4.69) is 9.97 Å². The minimum atomic E-state index is -4.03. The molecule has 0 aliphatic rings. The molecule has 0 fully saturated rings. The van der Waals surface area contributed by atoms with E-state index in [1.54, 1.807) is 0 Å². The van der Waals surface area contributed by atoms with Gasteiger partial charge < -0.3 is 24.9 Å². The molecule has 0 atom stereocenters. The Morgan fingerprint density at radius 1 is 1.20 bits per heavy atom. The Balaban J connectivity index is 2.23. The Morgan fingerprint density at radius 3 is 2.53 bits per heavy atom. The first-order chi connectivity index (χ1) is 14.3. The number of carbonyl (C=O) groups is 1. The number of aliphatic hydroxyl groups excluding tert-OH is 2. The second-order valence-corrected chi connectivity index (χ2v) is 8.54. The van der Waals surface area contributed by atoms with Gasteiger partial charge in [-0.15, -0.1) is 0 Å². The van der Waals surface area contributed by atoms with E-state index in [4.69, 9.17) is 4.74 Å². The van der Waals surface area contributed by atoms with Crippen LogP contribution in [0.15, 0.2) is 34.1 Å². The van der Waals surface area contributed by atoms with Crippen LogP contribution in [0.3, 0.4) is 0 Å². The zero-order valence-corrected chi connectivity index (χ0v) is 17.2. The average molecular weight is 437 g/mol. The van der Waals surface area contributed by atoms with Gasteiger partial charge in [-0.05, 0) is 24.6 Å². The highest BCUT2D eigenvalue weighted by molar-refractivity contribution is 7.89. The third kappa shape index (κ3) is 3.97. The highest BCUT2D eigenvalue weighted by Crippen LogP contribution is 2.28. The van der Waals surface area contributed by atoms with E-state index < -0.39 is 34.8 Å². The lowest BCUT2D eigenvalue weighted by molar-refractivity contribution is 0.0507. The summed E-state index contributed by atoms with van der Waals surface area (Å²) in [5.41, 5.74) is 0.158. The highest BCUT2D eigenvalue weighted by atomic mass is 32.2. The predicted molar refractivity (Wildman–Crippen MR) is 110 cm³/mol. The van der Waals surface area contributed by atoms with Crippen molar-refractivity contribution in [2.75, 3.05) is 32.9 Å². The van der Waals surface area contributed by atoms with Gasteiger partial charge in [0, 0.05) is 35.6 Å². The maximum absolute atomic E-state index is 13.0. The number of hydrogen-bond donors (Lipinski definition) is 4. The lowest BCUT2D eigenvalue weighted by Crippen LogP contribution is -2.35. The first-order valence-electron chi connectivity index (χ1n) is 9.41. The van der Waals surface area contributed by atoms with E-state index in [1.165, 1.54) is 24.4 Å². The van der Waals surface area contributed by atoms with E-state index in [9.17, 15) is 28.2 Å². The van der Waals surface area contributed by atoms with Gasteiger partial charge in [-0.25, -0.2) is 13.2 Å². The second kappa shape index (κ2) is 8.96. The minimum Gasteiger partial charge on any atom is -0.462 e. The number of fused-ring (bicyclic) bond motifs is 3. The summed E-state index contributed by atoms with van der Waals surface area (Å²) >= 11 is 0. The molecule has 0 spiro atoms. The molecular formula is C19H23N3O7S. The molecule has 0 saturated heterocycles. The van der Waals surface area contributed by atoms with Gasteiger partial charge >= 0.3 is 5.97 Å². The van der Waals surface area contributed by atoms with Crippen LogP contribution in [-0.2, 0) is 14.8 Å². The van der Waals surface area contributed by atoms with Gasteiger partial charge in [0.25, 0.3) is 5.56 Å². The second-order valence-electron chi connectivity index (χ2n) is 6.60. The zero-order valence-electron chi connectivity index (χ0n) is 16.3. The first-order valence-corrected chi connectivity index (χ1v) is 10.8. The van der Waals surface area contributed by atoms with Gasteiger partial charge in [-0.1, -0.05) is 6.92 Å². The van der Waals surface area contributed by atoms with E-state index >= 15 is 0 Å². The molecule has 0 radical (unpaired) electrons. The Labute approximate surface area is 172 Å². The molecule has 0 saturated carbocycles. The molecule has 4 N–H and O–H groups in total. The summed E-state index contributed by atoms with van der Waals surface area (Å²) in [7, 11) is -4.03. The van der Waals surface area contributed by atoms with E-state index in [1.807, 2.05) is 6.92 Å². The Kier molecular flexibility index (Phi) is 6.56. The Hall–Kier alpha value is -2.73. The molecule has 11 heteroatoms. The van der Waals surface area contributed by atoms with Crippen molar-refractivity contribution < 1.29 is 28.2 Å². The molecule has 1 aromatic carbocycles. The molecule has 0 unspecified atom stereocenters. The SMILES string of the molecule is CCCOC(=O)c1c[nH]c2c(=O)[nH]c3ccc(S(=O)(=O)N(CCO)CCO)cc3c12. The van der Waals surface area contributed by atoms with Crippen LogP contribution < -0.4 is 5.56 Å². The molecular weight excluding hydrogens is 414 g/mol. The van der Waals surface area contributed by atoms with Crippen LogP contribution in [0.5, 0.6) is 0 Å². The van der Waals surface area contributed by atoms with Crippen molar-refractivity contribution in [2.45, 2.75) is 18.2 Å². The molecule has 2 aromatic heterocycles. The fourth-order valence-electron chi connectivity index (χ4n) is 3.22. The van der Waals surface area contributed by atoms with Crippen molar-refractivity contribution >= 4 is 37.8 Å². The number of ether oxygens (including phenoxy) is 1. The lowest BCUT2D eigenvalue weighted by atomic mass is 10.1. The van der Waals surface area contributed by atoms with Crippen LogP contribution in [0.1, 0.15) is 23.7 Å². The number of aromatic amines is 2. The summed E-state index contributed by atoms with van der Waals surface area (Å²) in [4.78, 5) is 30.2. The van der Waals surface area contributed by atoms with E-state index in [-0.39, 0.29) is 41.1 Å². The summed E-state index contributed by atoms with van der Waals surface area (Å²) in [5.74, 6) is -0.620. The molecule has 3 aromatic rings. The van der Waals surface area contributed by atoms with E-state index in [0.717, 1.165) is 4.31 Å². The number of nitrogens with zero attached hydrogens (tertiary/aromatic N) is 1. The number of sulfonamides is 1. The number of pyridine rings is 1. The summed E-state index contributed by atoms with van der Waals surface area (Å²) in [6, 6.07) is 4.12. The molecule has 0 amide bonds. The van der Waals surface area contributed by atoms with Gasteiger partial charge in [-0.3, -0.25) is 4.79 Å². The highest BCUT2D eigenvalue weighted by Gasteiger charge is 2.25. The van der Waals surface area contributed by atoms with Crippen molar-refractivity contribution in [3.05, 3.63) is 40.3 Å². The number of nitrogens with one attached hydrogen (secondary N) is 2. The normalized spacial score (nSPS) is 12.1. The number of benzene rings is 1. The smallest absolute Gasteiger partial charge is 0.340 e. The third-order valence-corrected chi connectivity index (χ3v) is 6.50. The molecule has 0 bridgehead atoms. The summed E-state index contributed by atoms with van der Waals surface area (Å²) in [6.07, 6.45) is 1.99. The largest absolute Gasteiger partial charge is 0.462 e. The summed E-state index contributed by atoms with van der Waals surface area (Å²) in [5, 5.41) is 19.0. The van der Waals surface area contributed by atoms with Crippen LogP contribution in [0, 0.1) is 0 Å². The molecule has 10 nitrogen and oxygen atoms in total. The van der Waals surface area contributed by atoms with Gasteiger partial charge in [0.2, 0.25) is 10.0 Å². The third-order valence-electron chi connectivity index (χ3n) is 4.61. The molecule has 30 heavy (non-hydrogen) atoms. The van der Waals surface area contributed by atoms with Crippen molar-refractivity contribution in [1.29, 1.82) is 0 Å². The van der Waals surface area contributed by atoms with Crippen LogP contribution in [-0.4, -0.2) is 71.8 Å². The fourth-order valence-corrected chi connectivity index (χ4v) is 4.67. The van der Waals surface area contributed by atoms with E-state index in [0.29, 0.717) is 17.3 Å². The lowest BCUT2D eigenvalue weighted by Gasteiger charge is -2.20. The average Bonchev–Trinajstić information content (AvgIpc) is 3.18. The van der Waals surface area contributed by atoms with Gasteiger partial charge in [0.1, 0.15) is 5.52 Å². The first kappa shape index (κ1) is 22.0. The number of aromatic nitrogens is 2. The standard InChI is InChI=1S/C19H23N3O7S/c1-2-9-29-19(26)14-11-20-17-16(14)13-10-12(3-4-15(13)21-18(17)25)30(27,28)22(5-7-23)6-8-24/h3-4,10-11,20,23-24H,2,5-9H2,1H3,(H,21,25). The van der Waals surface area contributed by atoms with Gasteiger partial charge in [0.05, 0.1) is 30.3 Å². The van der Waals surface area contributed by atoms with Crippen molar-refractivity contribution in [2.24, 2.45) is 0 Å². The maximum Gasteiger partial charge on any atom is 0.340 e.